The summed E-state index contributed by atoms with van der Waals surface area (Å²) in [6, 6.07) is 12.9. The highest BCUT2D eigenvalue weighted by atomic mass is 19.1. The van der Waals surface area contributed by atoms with Gasteiger partial charge in [-0.25, -0.2) is 4.39 Å². The van der Waals surface area contributed by atoms with Crippen LogP contribution in [0.15, 0.2) is 48.5 Å². The minimum absolute atomic E-state index is 0.0986. The maximum Gasteiger partial charge on any atom is 0.569 e. The van der Waals surface area contributed by atoms with Crippen molar-refractivity contribution >= 4 is 7.69 Å². The second-order valence-electron chi connectivity index (χ2n) is 3.23. The molecule has 2 rings (SSSR count). The lowest BCUT2D eigenvalue weighted by atomic mass is 10.3. The summed E-state index contributed by atoms with van der Waals surface area (Å²) in [5, 5.41) is 8.41. The second kappa shape index (κ2) is 5.36. The number of halogens is 1. The van der Waals surface area contributed by atoms with Crippen LogP contribution in [0.25, 0.3) is 0 Å². The fourth-order valence-electron chi connectivity index (χ4n) is 1.31. The van der Waals surface area contributed by atoms with Gasteiger partial charge in [-0.1, -0.05) is 18.2 Å². The van der Waals surface area contributed by atoms with E-state index in [1.54, 1.807) is 24.3 Å². The van der Waals surface area contributed by atoms with Gasteiger partial charge in [0.25, 0.3) is 0 Å². The van der Waals surface area contributed by atoms with E-state index in [9.17, 15) is 4.39 Å². The van der Waals surface area contributed by atoms with E-state index < -0.39 is 5.82 Å². The lowest BCUT2D eigenvalue weighted by Gasteiger charge is -2.08. The van der Waals surface area contributed by atoms with Crippen LogP contribution in [0.3, 0.4) is 0 Å². The number of hydrogen-bond donors (Lipinski definition) is 1. The van der Waals surface area contributed by atoms with Crippen molar-refractivity contribution in [1.82, 2.24) is 0 Å². The molecule has 5 heteroatoms. The third-order valence-corrected chi connectivity index (χ3v) is 2.06. The van der Waals surface area contributed by atoms with E-state index in [4.69, 9.17) is 9.76 Å². The first-order valence-corrected chi connectivity index (χ1v) is 4.94. The molecule has 0 unspecified atom stereocenters. The van der Waals surface area contributed by atoms with Crippen LogP contribution >= 0.6 is 0 Å². The van der Waals surface area contributed by atoms with E-state index in [1.807, 2.05) is 6.07 Å². The fourth-order valence-corrected chi connectivity index (χ4v) is 1.31. The molecule has 0 saturated heterocycles. The molecule has 0 aliphatic carbocycles. The topological polar surface area (TPSA) is 38.7 Å². The summed E-state index contributed by atoms with van der Waals surface area (Å²) >= 11 is 0. The molecule has 1 radical (unpaired) electrons. The number of ether oxygens (including phenoxy) is 1. The normalized spacial score (nSPS) is 9.76. The first kappa shape index (κ1) is 11.5. The van der Waals surface area contributed by atoms with E-state index in [2.05, 4.69) is 4.65 Å². The van der Waals surface area contributed by atoms with E-state index in [-0.39, 0.29) is 11.5 Å². The van der Waals surface area contributed by atoms with Gasteiger partial charge in [0.15, 0.2) is 11.6 Å². The van der Waals surface area contributed by atoms with Crippen LogP contribution in [0.4, 0.5) is 4.39 Å². The predicted molar refractivity (Wildman–Crippen MR) is 61.5 cm³/mol. The minimum Gasteiger partial charge on any atom is -0.537 e. The van der Waals surface area contributed by atoms with Gasteiger partial charge < -0.3 is 14.4 Å². The Labute approximate surface area is 98.7 Å². The van der Waals surface area contributed by atoms with Crippen LogP contribution in [0.2, 0.25) is 0 Å². The van der Waals surface area contributed by atoms with Crippen LogP contribution in [-0.4, -0.2) is 12.7 Å². The predicted octanol–water partition coefficient (Wildman–Crippen LogP) is 2.52. The molecule has 3 nitrogen and oxygen atoms in total. The Morgan fingerprint density at radius 1 is 1.00 bits per heavy atom. The molecule has 0 amide bonds. The van der Waals surface area contributed by atoms with Crippen LogP contribution in [0.1, 0.15) is 0 Å². The molecule has 0 fully saturated rings. The van der Waals surface area contributed by atoms with Crippen molar-refractivity contribution < 1.29 is 18.8 Å². The van der Waals surface area contributed by atoms with E-state index in [0.29, 0.717) is 13.4 Å². The Hall–Kier alpha value is -2.01. The molecule has 0 heterocycles. The third kappa shape index (κ3) is 2.98. The quantitative estimate of drug-likeness (QED) is 0.821. The summed E-state index contributed by atoms with van der Waals surface area (Å²) in [5.41, 5.74) is 0. The highest BCUT2D eigenvalue weighted by molar-refractivity contribution is 6.17. The zero-order valence-corrected chi connectivity index (χ0v) is 8.84. The lowest BCUT2D eigenvalue weighted by Crippen LogP contribution is -2.00. The molecule has 2 aromatic carbocycles. The van der Waals surface area contributed by atoms with Gasteiger partial charge in [-0.2, -0.15) is 0 Å². The Morgan fingerprint density at radius 3 is 2.41 bits per heavy atom. The van der Waals surface area contributed by atoms with Gasteiger partial charge in [0, 0.05) is 6.07 Å². The molecular formula is C12H9BFO3. The summed E-state index contributed by atoms with van der Waals surface area (Å²) in [6.45, 7) is 0. The maximum atomic E-state index is 13.6. The molecule has 1 N–H and O–H groups in total. The van der Waals surface area contributed by atoms with E-state index in [0.717, 1.165) is 6.07 Å². The maximum absolute atomic E-state index is 13.6. The van der Waals surface area contributed by atoms with Gasteiger partial charge in [0.1, 0.15) is 11.5 Å². The molecule has 0 atom stereocenters. The number of rotatable bonds is 4. The number of hydrogen-bond acceptors (Lipinski definition) is 3. The van der Waals surface area contributed by atoms with Crippen molar-refractivity contribution in [3.63, 3.8) is 0 Å². The Balaban J connectivity index is 2.17. The Bertz CT molecular complexity index is 490. The van der Waals surface area contributed by atoms with Gasteiger partial charge in [0.05, 0.1) is 0 Å². The number of benzene rings is 2. The molecule has 85 valence electrons. The molecular weight excluding hydrogens is 222 g/mol. The summed E-state index contributed by atoms with van der Waals surface area (Å²) < 4.78 is 23.5. The van der Waals surface area contributed by atoms with Crippen molar-refractivity contribution in [2.24, 2.45) is 0 Å². The molecule has 0 spiro atoms. The average Bonchev–Trinajstić information content (AvgIpc) is 2.34. The lowest BCUT2D eigenvalue weighted by molar-refractivity contribution is 0.430. The van der Waals surface area contributed by atoms with Gasteiger partial charge in [-0.15, -0.1) is 0 Å². The average molecular weight is 231 g/mol. The molecule has 2 aromatic rings. The van der Waals surface area contributed by atoms with Gasteiger partial charge in [-0.05, 0) is 24.3 Å². The van der Waals surface area contributed by atoms with Crippen molar-refractivity contribution in [2.45, 2.75) is 0 Å². The van der Waals surface area contributed by atoms with Crippen molar-refractivity contribution in [2.75, 3.05) is 0 Å². The van der Waals surface area contributed by atoms with Crippen molar-refractivity contribution in [3.8, 4) is 17.2 Å². The van der Waals surface area contributed by atoms with Crippen molar-refractivity contribution in [1.29, 1.82) is 0 Å². The zero-order chi connectivity index (χ0) is 12.1. The van der Waals surface area contributed by atoms with Gasteiger partial charge in [0.2, 0.25) is 0 Å². The summed E-state index contributed by atoms with van der Waals surface area (Å²) in [4.78, 5) is 0. The van der Waals surface area contributed by atoms with Crippen molar-refractivity contribution in [3.05, 3.63) is 54.3 Å². The van der Waals surface area contributed by atoms with E-state index >= 15 is 0 Å². The van der Waals surface area contributed by atoms with Gasteiger partial charge >= 0.3 is 7.69 Å². The first-order valence-electron chi connectivity index (χ1n) is 4.94. The largest absolute Gasteiger partial charge is 0.569 e. The SMILES string of the molecule is O[B]Oc1ccc(Oc2ccccc2)c(F)c1. The van der Waals surface area contributed by atoms with Crippen LogP contribution in [0.5, 0.6) is 17.2 Å². The highest BCUT2D eigenvalue weighted by Gasteiger charge is 2.06. The molecule has 17 heavy (non-hydrogen) atoms. The van der Waals surface area contributed by atoms with Gasteiger partial charge in [-0.3, -0.25) is 0 Å². The first-order chi connectivity index (χ1) is 8.29. The summed E-state index contributed by atoms with van der Waals surface area (Å²) in [6.07, 6.45) is 0. The molecule has 0 saturated carbocycles. The van der Waals surface area contributed by atoms with Crippen LogP contribution < -0.4 is 9.39 Å². The zero-order valence-electron chi connectivity index (χ0n) is 8.84. The van der Waals surface area contributed by atoms with Crippen LogP contribution in [-0.2, 0) is 0 Å². The molecule has 0 aliphatic heterocycles. The fraction of sp³-hybridized carbons (Fsp3) is 0. The smallest absolute Gasteiger partial charge is 0.537 e. The standard InChI is InChI=1S/C12H9BFO3/c14-11-8-10(17-13-15)6-7-12(11)16-9-4-2-1-3-5-9/h1-8,15H. The molecule has 0 aromatic heterocycles. The summed E-state index contributed by atoms with van der Waals surface area (Å²) in [5.74, 6) is 0.286. The number of para-hydroxylation sites is 1. The Morgan fingerprint density at radius 2 is 1.76 bits per heavy atom. The highest BCUT2D eigenvalue weighted by Crippen LogP contribution is 2.27. The third-order valence-electron chi connectivity index (χ3n) is 2.06. The molecule has 0 aliphatic rings. The molecule has 0 bridgehead atoms. The minimum atomic E-state index is -0.562. The summed E-state index contributed by atoms with van der Waals surface area (Å²) in [7, 11) is 0.493. The monoisotopic (exact) mass is 231 g/mol. The van der Waals surface area contributed by atoms with Crippen LogP contribution in [0, 0.1) is 5.82 Å². The Kier molecular flexibility index (Phi) is 3.62. The van der Waals surface area contributed by atoms with E-state index in [1.165, 1.54) is 12.1 Å². The second-order valence-corrected chi connectivity index (χ2v) is 3.23.